The molecule has 2 heterocycles. The number of anilines is 2. The summed E-state index contributed by atoms with van der Waals surface area (Å²) < 4.78 is 13.9. The van der Waals surface area contributed by atoms with Gasteiger partial charge in [-0.15, -0.1) is 0 Å². The number of benzene rings is 4. The van der Waals surface area contributed by atoms with Crippen molar-refractivity contribution >= 4 is 35.0 Å². The summed E-state index contributed by atoms with van der Waals surface area (Å²) in [7, 11) is 0. The summed E-state index contributed by atoms with van der Waals surface area (Å²) in [5, 5.41) is 28.4. The first-order valence-corrected chi connectivity index (χ1v) is 19.8. The van der Waals surface area contributed by atoms with Gasteiger partial charge in [0, 0.05) is 49.3 Å². The standard InChI is InChI=1S/C44H48N4O6S/c45-38-13-7-8-14-39(38)47-42(51)16-4-2-1-3-15-41(50)46-28-35-11-5-6-12-37(35)32-22-24-34(25-23-32)44-53-36(30-55-43-17-9-10-26-48(43)52)27-40(54-44)33-20-18-31(29-49)19-21-33/h5-14,17-26,36,40,44,49H,1-4,15-16,27-30,45H2,(H,46,50)(H,47,51). The van der Waals surface area contributed by atoms with Crippen molar-refractivity contribution < 1.29 is 28.9 Å². The van der Waals surface area contributed by atoms with Crippen molar-refractivity contribution in [2.75, 3.05) is 16.8 Å². The van der Waals surface area contributed by atoms with E-state index >= 15 is 0 Å². The normalized spacial score (nSPS) is 16.7. The van der Waals surface area contributed by atoms with Gasteiger partial charge in [-0.25, -0.2) is 0 Å². The molecule has 286 valence electrons. The largest absolute Gasteiger partial charge is 0.618 e. The lowest BCUT2D eigenvalue weighted by Gasteiger charge is -2.36. The number of nitrogens with zero attached hydrogens (tertiary/aromatic N) is 1. The number of rotatable bonds is 17. The van der Waals surface area contributed by atoms with Gasteiger partial charge >= 0.3 is 0 Å². The minimum Gasteiger partial charge on any atom is -0.618 e. The molecule has 10 nitrogen and oxygen atoms in total. The Bertz CT molecular complexity index is 2010. The van der Waals surface area contributed by atoms with E-state index in [1.54, 1.807) is 24.3 Å². The van der Waals surface area contributed by atoms with Crippen LogP contribution < -0.4 is 21.1 Å². The first-order valence-electron chi connectivity index (χ1n) is 18.8. The zero-order valence-electron chi connectivity index (χ0n) is 30.8. The molecule has 1 aromatic heterocycles. The van der Waals surface area contributed by atoms with Crippen LogP contribution in [0.25, 0.3) is 11.1 Å². The molecule has 1 saturated heterocycles. The average Bonchev–Trinajstić information content (AvgIpc) is 3.22. The number of aromatic nitrogens is 1. The average molecular weight is 761 g/mol. The SMILES string of the molecule is Nc1ccccc1NC(=O)CCCCCCC(=O)NCc1ccccc1-c1ccc(C2OC(CSc3cccc[n+]3[O-])CC(c3ccc(CO)cc3)O2)cc1. The Morgan fingerprint density at radius 2 is 1.49 bits per heavy atom. The van der Waals surface area contributed by atoms with Crippen LogP contribution in [0.15, 0.2) is 126 Å². The van der Waals surface area contributed by atoms with E-state index < -0.39 is 6.29 Å². The Morgan fingerprint density at radius 1 is 0.800 bits per heavy atom. The number of ether oxygens (including phenoxy) is 2. The maximum absolute atomic E-state index is 12.7. The van der Waals surface area contributed by atoms with E-state index in [9.17, 15) is 19.9 Å². The van der Waals surface area contributed by atoms with Crippen LogP contribution in [0.2, 0.25) is 0 Å². The number of nitrogen functional groups attached to an aromatic ring is 1. The highest BCUT2D eigenvalue weighted by Gasteiger charge is 2.33. The van der Waals surface area contributed by atoms with E-state index in [4.69, 9.17) is 15.2 Å². The predicted octanol–water partition coefficient (Wildman–Crippen LogP) is 7.99. The summed E-state index contributed by atoms with van der Waals surface area (Å²) >= 11 is 1.46. The first-order chi connectivity index (χ1) is 26.9. The van der Waals surface area contributed by atoms with Gasteiger partial charge in [0.05, 0.1) is 30.2 Å². The van der Waals surface area contributed by atoms with Crippen molar-refractivity contribution in [2.45, 2.75) is 81.6 Å². The molecule has 0 spiro atoms. The van der Waals surface area contributed by atoms with E-state index in [-0.39, 0.29) is 30.6 Å². The summed E-state index contributed by atoms with van der Waals surface area (Å²) in [6.07, 6.45) is 5.18. The molecule has 5 N–H and O–H groups in total. The van der Waals surface area contributed by atoms with Crippen molar-refractivity contribution in [3.8, 4) is 11.1 Å². The maximum atomic E-state index is 12.7. The molecule has 6 rings (SSSR count). The molecule has 3 atom stereocenters. The molecule has 0 aliphatic carbocycles. The Morgan fingerprint density at radius 3 is 2.24 bits per heavy atom. The summed E-state index contributed by atoms with van der Waals surface area (Å²) in [6, 6.07) is 36.5. The summed E-state index contributed by atoms with van der Waals surface area (Å²) in [6.45, 7) is 0.386. The van der Waals surface area contributed by atoms with Crippen molar-refractivity contribution in [1.82, 2.24) is 5.32 Å². The molecule has 5 aromatic rings. The Balaban J connectivity index is 1.01. The van der Waals surface area contributed by atoms with Crippen LogP contribution in [0.3, 0.4) is 0 Å². The molecule has 0 radical (unpaired) electrons. The highest BCUT2D eigenvalue weighted by Crippen LogP contribution is 2.40. The number of aliphatic hydroxyl groups excluding tert-OH is 1. The van der Waals surface area contributed by atoms with Gasteiger partial charge in [-0.3, -0.25) is 9.59 Å². The van der Waals surface area contributed by atoms with E-state index in [2.05, 4.69) is 16.7 Å². The van der Waals surface area contributed by atoms with Crippen LogP contribution in [-0.2, 0) is 32.2 Å². The van der Waals surface area contributed by atoms with E-state index in [1.165, 1.54) is 18.0 Å². The number of para-hydroxylation sites is 2. The predicted molar refractivity (Wildman–Crippen MR) is 215 cm³/mol. The van der Waals surface area contributed by atoms with Gasteiger partial charge in [0.2, 0.25) is 11.8 Å². The van der Waals surface area contributed by atoms with E-state index in [0.29, 0.717) is 48.0 Å². The highest BCUT2D eigenvalue weighted by atomic mass is 32.2. The van der Waals surface area contributed by atoms with Crippen LogP contribution in [0.4, 0.5) is 11.4 Å². The number of amides is 2. The van der Waals surface area contributed by atoms with Gasteiger partial charge in [0.1, 0.15) is 0 Å². The third-order valence-electron chi connectivity index (χ3n) is 9.60. The zero-order chi connectivity index (χ0) is 38.4. The van der Waals surface area contributed by atoms with Gasteiger partial charge in [-0.2, -0.15) is 4.73 Å². The first kappa shape index (κ1) is 39.5. The Kier molecular flexibility index (Phi) is 14.3. The monoisotopic (exact) mass is 760 g/mol. The van der Waals surface area contributed by atoms with Crippen LogP contribution in [0.1, 0.15) is 79.6 Å². The number of pyridine rings is 1. The number of nitrogens with two attached hydrogens (primary N) is 1. The number of carbonyl (C=O) groups excluding carboxylic acids is 2. The molecule has 1 aliphatic heterocycles. The van der Waals surface area contributed by atoms with Crippen LogP contribution >= 0.6 is 11.8 Å². The van der Waals surface area contributed by atoms with E-state index in [0.717, 1.165) is 63.8 Å². The smallest absolute Gasteiger partial charge is 0.251 e. The second kappa shape index (κ2) is 19.9. The maximum Gasteiger partial charge on any atom is 0.251 e. The molecule has 2 amide bonds. The minimum atomic E-state index is -0.619. The lowest BCUT2D eigenvalue weighted by molar-refractivity contribution is -0.645. The molecular formula is C44H48N4O6S. The lowest BCUT2D eigenvalue weighted by atomic mass is 9.97. The zero-order valence-corrected chi connectivity index (χ0v) is 31.6. The van der Waals surface area contributed by atoms with Crippen molar-refractivity contribution in [2.24, 2.45) is 0 Å². The minimum absolute atomic E-state index is 0.000325. The fraction of sp³-hybridized carbons (Fsp3) is 0.295. The second-order valence-electron chi connectivity index (χ2n) is 13.6. The number of hydrogen-bond donors (Lipinski definition) is 4. The van der Waals surface area contributed by atoms with Gasteiger partial charge in [0.15, 0.2) is 12.5 Å². The Hall–Kier alpha value is -5.20. The molecular weight excluding hydrogens is 713 g/mol. The molecule has 1 aliphatic rings. The molecule has 3 unspecified atom stereocenters. The second-order valence-corrected chi connectivity index (χ2v) is 14.7. The van der Waals surface area contributed by atoms with Crippen molar-refractivity contribution in [3.63, 3.8) is 0 Å². The number of unbranched alkanes of at least 4 members (excludes halogenated alkanes) is 3. The van der Waals surface area contributed by atoms with Gasteiger partial charge in [0.25, 0.3) is 5.03 Å². The summed E-state index contributed by atoms with van der Waals surface area (Å²) in [5.41, 5.74) is 12.8. The quantitative estimate of drug-likeness (QED) is 0.0245. The molecule has 0 bridgehead atoms. The third-order valence-corrected chi connectivity index (χ3v) is 10.8. The number of carbonyl (C=O) groups is 2. The molecule has 4 aromatic carbocycles. The van der Waals surface area contributed by atoms with Gasteiger partial charge in [-0.05, 0) is 58.9 Å². The van der Waals surface area contributed by atoms with Crippen LogP contribution in [0.5, 0.6) is 0 Å². The van der Waals surface area contributed by atoms with Crippen LogP contribution in [-0.4, -0.2) is 28.8 Å². The fourth-order valence-electron chi connectivity index (χ4n) is 6.53. The molecule has 11 heteroatoms. The molecule has 1 fully saturated rings. The highest BCUT2D eigenvalue weighted by molar-refractivity contribution is 7.99. The summed E-state index contributed by atoms with van der Waals surface area (Å²) in [4.78, 5) is 25.0. The van der Waals surface area contributed by atoms with Gasteiger partial charge < -0.3 is 36.2 Å². The summed E-state index contributed by atoms with van der Waals surface area (Å²) in [5.74, 6) is 0.524. The number of nitrogens with one attached hydrogen (secondary N) is 2. The number of aliphatic hydroxyl groups is 1. The van der Waals surface area contributed by atoms with Crippen molar-refractivity contribution in [3.05, 3.63) is 149 Å². The molecule has 55 heavy (non-hydrogen) atoms. The third kappa shape index (κ3) is 11.4. The Labute approximate surface area is 326 Å². The molecule has 0 saturated carbocycles. The van der Waals surface area contributed by atoms with Crippen molar-refractivity contribution in [1.29, 1.82) is 0 Å². The van der Waals surface area contributed by atoms with Gasteiger partial charge in [-0.1, -0.05) is 110 Å². The van der Waals surface area contributed by atoms with Crippen LogP contribution in [0, 0.1) is 5.21 Å². The lowest BCUT2D eigenvalue weighted by Crippen LogP contribution is -2.32. The number of hydrogen-bond acceptors (Lipinski definition) is 8. The fourth-order valence-corrected chi connectivity index (χ4v) is 7.47. The number of thioether (sulfide) groups is 1. The van der Waals surface area contributed by atoms with E-state index in [1.807, 2.05) is 84.9 Å². The topological polar surface area (TPSA) is 150 Å².